The Kier molecular flexibility index (Phi) is 5.66. The van der Waals surface area contributed by atoms with E-state index in [0.717, 1.165) is 30.3 Å². The van der Waals surface area contributed by atoms with E-state index in [1.54, 1.807) is 17.9 Å². The zero-order valence-electron chi connectivity index (χ0n) is 16.2. The number of nitrogens with zero attached hydrogens (tertiary/aromatic N) is 6. The Hall–Kier alpha value is -3.46. The first-order chi connectivity index (χ1) is 14.2. The van der Waals surface area contributed by atoms with Crippen LogP contribution >= 0.6 is 0 Å². The van der Waals surface area contributed by atoms with Crippen molar-refractivity contribution in [2.45, 2.75) is 6.54 Å². The molecule has 0 atom stereocenters. The van der Waals surface area contributed by atoms with Crippen LogP contribution in [0, 0.1) is 0 Å². The summed E-state index contributed by atoms with van der Waals surface area (Å²) in [6.07, 6.45) is 0. The average Bonchev–Trinajstić information content (AvgIpc) is 3.23. The third kappa shape index (κ3) is 4.52. The highest BCUT2D eigenvalue weighted by Gasteiger charge is 2.23. The third-order valence-corrected chi connectivity index (χ3v) is 4.88. The van der Waals surface area contributed by atoms with Gasteiger partial charge >= 0.3 is 6.03 Å². The molecule has 0 saturated carbocycles. The van der Waals surface area contributed by atoms with Crippen LogP contribution in [-0.4, -0.2) is 69.3 Å². The van der Waals surface area contributed by atoms with Crippen LogP contribution < -0.4 is 10.1 Å². The molecule has 2 amide bonds. The van der Waals surface area contributed by atoms with E-state index in [4.69, 9.17) is 4.74 Å². The standard InChI is InChI=1S/C20H23N7O2/c1-29-18-9-5-6-16(14-18)21-20(28)26-12-10-25(11-13-26)15-19-22-23-24-27(19)17-7-3-2-4-8-17/h2-9,14H,10-13,15H2,1H3,(H,21,28). The Labute approximate surface area is 168 Å². The maximum Gasteiger partial charge on any atom is 0.321 e. The summed E-state index contributed by atoms with van der Waals surface area (Å²) in [5.74, 6) is 1.49. The number of amides is 2. The molecular formula is C20H23N7O2. The zero-order valence-corrected chi connectivity index (χ0v) is 16.2. The first-order valence-corrected chi connectivity index (χ1v) is 9.48. The number of piperazine rings is 1. The summed E-state index contributed by atoms with van der Waals surface area (Å²) in [5, 5.41) is 15.0. The van der Waals surface area contributed by atoms with Crippen LogP contribution in [0.3, 0.4) is 0 Å². The van der Waals surface area contributed by atoms with Crippen LogP contribution in [0.25, 0.3) is 5.69 Å². The number of ether oxygens (including phenoxy) is 1. The quantitative estimate of drug-likeness (QED) is 0.714. The molecule has 0 aliphatic carbocycles. The van der Waals surface area contributed by atoms with Gasteiger partial charge in [0.05, 0.1) is 19.3 Å². The molecule has 2 aromatic carbocycles. The van der Waals surface area contributed by atoms with Gasteiger partial charge in [0, 0.05) is 37.9 Å². The van der Waals surface area contributed by atoms with Crippen molar-refractivity contribution in [2.75, 3.05) is 38.6 Å². The van der Waals surface area contributed by atoms with Crippen LogP contribution in [0.15, 0.2) is 54.6 Å². The molecule has 4 rings (SSSR count). The van der Waals surface area contributed by atoms with Crippen molar-refractivity contribution in [1.29, 1.82) is 0 Å². The van der Waals surface area contributed by atoms with E-state index >= 15 is 0 Å². The second-order valence-corrected chi connectivity index (χ2v) is 6.77. The Morgan fingerprint density at radius 2 is 1.86 bits per heavy atom. The molecule has 1 saturated heterocycles. The molecule has 0 bridgehead atoms. The predicted molar refractivity (Wildman–Crippen MR) is 108 cm³/mol. The van der Waals surface area contributed by atoms with Gasteiger partial charge in [0.1, 0.15) is 5.75 Å². The number of urea groups is 1. The van der Waals surface area contributed by atoms with E-state index in [1.807, 2.05) is 53.4 Å². The van der Waals surface area contributed by atoms with Crippen LogP contribution in [0.4, 0.5) is 10.5 Å². The molecular weight excluding hydrogens is 370 g/mol. The van der Waals surface area contributed by atoms with Gasteiger partial charge in [-0.25, -0.2) is 4.79 Å². The van der Waals surface area contributed by atoms with Crippen molar-refractivity contribution in [1.82, 2.24) is 30.0 Å². The topological polar surface area (TPSA) is 88.4 Å². The molecule has 1 aliphatic heterocycles. The summed E-state index contributed by atoms with van der Waals surface area (Å²) >= 11 is 0. The fourth-order valence-corrected chi connectivity index (χ4v) is 3.29. The van der Waals surface area contributed by atoms with Gasteiger partial charge in [0.15, 0.2) is 5.82 Å². The number of carbonyl (C=O) groups is 1. The van der Waals surface area contributed by atoms with Gasteiger partial charge in [-0.2, -0.15) is 4.68 Å². The van der Waals surface area contributed by atoms with Crippen molar-refractivity contribution in [3.63, 3.8) is 0 Å². The molecule has 29 heavy (non-hydrogen) atoms. The van der Waals surface area contributed by atoms with Gasteiger partial charge < -0.3 is 15.0 Å². The van der Waals surface area contributed by atoms with E-state index in [-0.39, 0.29) is 6.03 Å². The lowest BCUT2D eigenvalue weighted by atomic mass is 10.3. The van der Waals surface area contributed by atoms with Crippen LogP contribution in [0.1, 0.15) is 5.82 Å². The number of nitrogens with one attached hydrogen (secondary N) is 1. The molecule has 1 aromatic heterocycles. The largest absolute Gasteiger partial charge is 0.497 e. The number of carbonyl (C=O) groups excluding carboxylic acids is 1. The van der Waals surface area contributed by atoms with Crippen LogP contribution in [0.5, 0.6) is 5.75 Å². The van der Waals surface area contributed by atoms with Crippen molar-refractivity contribution in [3.05, 3.63) is 60.4 Å². The van der Waals surface area contributed by atoms with E-state index in [2.05, 4.69) is 25.7 Å². The number of aromatic nitrogens is 4. The summed E-state index contributed by atoms with van der Waals surface area (Å²) in [4.78, 5) is 16.6. The van der Waals surface area contributed by atoms with E-state index in [0.29, 0.717) is 25.4 Å². The molecule has 0 unspecified atom stereocenters. The normalized spacial score (nSPS) is 14.6. The number of benzene rings is 2. The molecule has 0 radical (unpaired) electrons. The molecule has 0 spiro atoms. The van der Waals surface area contributed by atoms with E-state index in [1.165, 1.54) is 0 Å². The predicted octanol–water partition coefficient (Wildman–Crippen LogP) is 2.02. The maximum atomic E-state index is 12.5. The van der Waals surface area contributed by atoms with Crippen molar-refractivity contribution in [3.8, 4) is 11.4 Å². The van der Waals surface area contributed by atoms with Gasteiger partial charge in [0.25, 0.3) is 0 Å². The number of rotatable bonds is 5. The number of methoxy groups -OCH3 is 1. The lowest BCUT2D eigenvalue weighted by Crippen LogP contribution is -2.49. The Morgan fingerprint density at radius 3 is 2.62 bits per heavy atom. The number of hydrogen-bond acceptors (Lipinski definition) is 6. The first-order valence-electron chi connectivity index (χ1n) is 9.48. The Bertz CT molecular complexity index is 952. The molecule has 1 N–H and O–H groups in total. The van der Waals surface area contributed by atoms with Crippen molar-refractivity contribution in [2.24, 2.45) is 0 Å². The Morgan fingerprint density at radius 1 is 1.07 bits per heavy atom. The van der Waals surface area contributed by atoms with Crippen molar-refractivity contribution >= 4 is 11.7 Å². The summed E-state index contributed by atoms with van der Waals surface area (Å²) in [5.41, 5.74) is 1.66. The molecule has 9 nitrogen and oxygen atoms in total. The number of para-hydroxylation sites is 1. The summed E-state index contributed by atoms with van der Waals surface area (Å²) < 4.78 is 6.95. The second-order valence-electron chi connectivity index (χ2n) is 6.77. The molecule has 1 aliphatic rings. The summed E-state index contributed by atoms with van der Waals surface area (Å²) in [7, 11) is 1.61. The summed E-state index contributed by atoms with van der Waals surface area (Å²) in [6, 6.07) is 17.1. The van der Waals surface area contributed by atoms with E-state index < -0.39 is 0 Å². The van der Waals surface area contributed by atoms with Gasteiger partial charge in [0.2, 0.25) is 0 Å². The smallest absolute Gasteiger partial charge is 0.321 e. The van der Waals surface area contributed by atoms with Crippen LogP contribution in [0.2, 0.25) is 0 Å². The fraction of sp³-hybridized carbons (Fsp3) is 0.300. The van der Waals surface area contributed by atoms with E-state index in [9.17, 15) is 4.79 Å². The lowest BCUT2D eigenvalue weighted by molar-refractivity contribution is 0.140. The fourth-order valence-electron chi connectivity index (χ4n) is 3.29. The number of tetrazole rings is 1. The monoisotopic (exact) mass is 393 g/mol. The van der Waals surface area contributed by atoms with Gasteiger partial charge in [-0.3, -0.25) is 4.90 Å². The van der Waals surface area contributed by atoms with Gasteiger partial charge in [-0.1, -0.05) is 24.3 Å². The Balaban J connectivity index is 1.32. The van der Waals surface area contributed by atoms with Gasteiger partial charge in [-0.05, 0) is 34.7 Å². The molecule has 2 heterocycles. The van der Waals surface area contributed by atoms with Crippen molar-refractivity contribution < 1.29 is 9.53 Å². The molecule has 3 aromatic rings. The molecule has 150 valence electrons. The molecule has 1 fully saturated rings. The van der Waals surface area contributed by atoms with Gasteiger partial charge in [-0.15, -0.1) is 5.10 Å². The minimum atomic E-state index is -0.105. The number of anilines is 1. The molecule has 9 heteroatoms. The first kappa shape index (κ1) is 18.9. The highest BCUT2D eigenvalue weighted by molar-refractivity contribution is 5.89. The zero-order chi connectivity index (χ0) is 20.1. The SMILES string of the molecule is COc1cccc(NC(=O)N2CCN(Cc3nnnn3-c3ccccc3)CC2)c1. The minimum absolute atomic E-state index is 0.105. The highest BCUT2D eigenvalue weighted by atomic mass is 16.5. The third-order valence-electron chi connectivity index (χ3n) is 4.88. The second kappa shape index (κ2) is 8.70. The lowest BCUT2D eigenvalue weighted by Gasteiger charge is -2.34. The average molecular weight is 393 g/mol. The number of hydrogen-bond donors (Lipinski definition) is 1. The van der Waals surface area contributed by atoms with Crippen LogP contribution in [-0.2, 0) is 6.54 Å². The minimum Gasteiger partial charge on any atom is -0.497 e. The highest BCUT2D eigenvalue weighted by Crippen LogP contribution is 2.18. The maximum absolute atomic E-state index is 12.5. The summed E-state index contributed by atoms with van der Waals surface area (Å²) in [6.45, 7) is 3.43.